The number of fused-ring (bicyclic) bond motifs is 1. The van der Waals surface area contributed by atoms with Gasteiger partial charge < -0.3 is 30.7 Å². The second kappa shape index (κ2) is 15.3. The Hall–Kier alpha value is -5.58. The average Bonchev–Trinajstić information content (AvgIpc) is 3.49. The first-order valence-electron chi connectivity index (χ1n) is 16.8. The molecule has 0 radical (unpaired) electrons. The number of nitriles is 1. The number of benzene rings is 3. The molecule has 1 atom stereocenters. The molecule has 258 valence electrons. The van der Waals surface area contributed by atoms with Gasteiger partial charge in [0.25, 0.3) is 0 Å². The van der Waals surface area contributed by atoms with Crippen molar-refractivity contribution >= 4 is 40.5 Å². The standard InChI is InChI=1S/C37H44N12O/c1-24-17-30-31(18-25(24)2)42-33(41-30)23-48(5)37-45-35(40-29-8-6-7-28(19-29)22-49-15-13-39-14-16-49)44-36(46-37)43-32(34(50)47(3)4)20-26-9-11-27(21-38)12-10-26/h6-12,17-19,32,39H,13-16,20,22-23H2,1-5H3,(H,41,42)(H2,40,43,44,45,46). The number of carbonyl (C=O) groups is 1. The topological polar surface area (TPSA) is 154 Å². The molecule has 3 aromatic carbocycles. The van der Waals surface area contributed by atoms with Crippen LogP contribution >= 0.6 is 0 Å². The van der Waals surface area contributed by atoms with Gasteiger partial charge in [0, 0.05) is 66.0 Å². The predicted octanol–water partition coefficient (Wildman–Crippen LogP) is 4.13. The lowest BCUT2D eigenvalue weighted by Gasteiger charge is -2.27. The first kappa shape index (κ1) is 34.3. The Morgan fingerprint density at radius 2 is 1.68 bits per heavy atom. The number of H-pyrrole nitrogens is 1. The van der Waals surface area contributed by atoms with Crippen molar-refractivity contribution in [2.75, 3.05) is 62.9 Å². The van der Waals surface area contributed by atoms with Crippen LogP contribution in [0.15, 0.2) is 60.7 Å². The van der Waals surface area contributed by atoms with Crippen molar-refractivity contribution in [3.8, 4) is 6.07 Å². The van der Waals surface area contributed by atoms with E-state index in [2.05, 4.69) is 70.0 Å². The van der Waals surface area contributed by atoms with E-state index in [-0.39, 0.29) is 11.9 Å². The fourth-order valence-corrected chi connectivity index (χ4v) is 5.97. The minimum Gasteiger partial charge on any atom is -0.347 e. The van der Waals surface area contributed by atoms with Gasteiger partial charge in [-0.1, -0.05) is 24.3 Å². The summed E-state index contributed by atoms with van der Waals surface area (Å²) in [6.07, 6.45) is 0.369. The Bertz CT molecular complexity index is 1950. The van der Waals surface area contributed by atoms with Crippen molar-refractivity contribution in [3.63, 3.8) is 0 Å². The van der Waals surface area contributed by atoms with Crippen molar-refractivity contribution in [3.05, 3.63) is 94.3 Å². The predicted molar refractivity (Wildman–Crippen MR) is 196 cm³/mol. The van der Waals surface area contributed by atoms with Crippen molar-refractivity contribution in [2.45, 2.75) is 39.4 Å². The maximum absolute atomic E-state index is 13.4. The van der Waals surface area contributed by atoms with E-state index in [0.29, 0.717) is 30.4 Å². The van der Waals surface area contributed by atoms with E-state index in [1.165, 1.54) is 16.7 Å². The monoisotopic (exact) mass is 672 g/mol. The van der Waals surface area contributed by atoms with Crippen LogP contribution in [0.2, 0.25) is 0 Å². The third-order valence-electron chi connectivity index (χ3n) is 8.86. The van der Waals surface area contributed by atoms with Gasteiger partial charge in [0.2, 0.25) is 23.8 Å². The summed E-state index contributed by atoms with van der Waals surface area (Å²) < 4.78 is 0. The summed E-state index contributed by atoms with van der Waals surface area (Å²) in [6, 6.07) is 21.2. The summed E-state index contributed by atoms with van der Waals surface area (Å²) >= 11 is 0. The van der Waals surface area contributed by atoms with Crippen LogP contribution in [0.1, 0.15) is 33.6 Å². The average molecular weight is 673 g/mol. The highest BCUT2D eigenvalue weighted by Crippen LogP contribution is 2.23. The smallest absolute Gasteiger partial charge is 0.244 e. The molecular weight excluding hydrogens is 628 g/mol. The summed E-state index contributed by atoms with van der Waals surface area (Å²) in [7, 11) is 5.35. The summed E-state index contributed by atoms with van der Waals surface area (Å²) in [5.41, 5.74) is 7.78. The quantitative estimate of drug-likeness (QED) is 0.151. The van der Waals surface area contributed by atoms with Crippen LogP contribution < -0.4 is 20.9 Å². The van der Waals surface area contributed by atoms with Crippen LogP contribution in [0.5, 0.6) is 0 Å². The number of aromatic amines is 1. The van der Waals surface area contributed by atoms with E-state index in [9.17, 15) is 10.1 Å². The number of aryl methyl sites for hydroxylation is 2. The van der Waals surface area contributed by atoms with Gasteiger partial charge in [0.1, 0.15) is 11.9 Å². The van der Waals surface area contributed by atoms with Crippen molar-refractivity contribution in [1.82, 2.24) is 40.0 Å². The summed E-state index contributed by atoms with van der Waals surface area (Å²) in [6.45, 7) is 9.45. The molecule has 0 spiro atoms. The molecule has 2 aromatic heterocycles. The number of hydrogen-bond acceptors (Lipinski definition) is 11. The Balaban J connectivity index is 1.30. The molecular formula is C37H44N12O. The first-order valence-corrected chi connectivity index (χ1v) is 16.8. The highest BCUT2D eigenvalue weighted by molar-refractivity contribution is 5.84. The van der Waals surface area contributed by atoms with Crippen LogP contribution in [0.25, 0.3) is 11.0 Å². The van der Waals surface area contributed by atoms with Crippen molar-refractivity contribution in [1.29, 1.82) is 5.26 Å². The number of imidazole rings is 1. The van der Waals surface area contributed by atoms with E-state index in [1.807, 2.05) is 36.2 Å². The molecule has 5 aromatic rings. The number of nitrogens with zero attached hydrogens (tertiary/aromatic N) is 8. The van der Waals surface area contributed by atoms with Crippen LogP contribution in [0, 0.1) is 25.2 Å². The fraction of sp³-hybridized carbons (Fsp3) is 0.351. The van der Waals surface area contributed by atoms with E-state index >= 15 is 0 Å². The third kappa shape index (κ3) is 8.52. The minimum atomic E-state index is -0.671. The molecule has 1 aliphatic heterocycles. The lowest BCUT2D eigenvalue weighted by Crippen LogP contribution is -2.42. The van der Waals surface area contributed by atoms with Crippen LogP contribution in [0.3, 0.4) is 0 Å². The molecule has 1 amide bonds. The number of carbonyl (C=O) groups excluding carboxylic acids is 1. The zero-order valence-corrected chi connectivity index (χ0v) is 29.3. The molecule has 0 saturated carbocycles. The largest absolute Gasteiger partial charge is 0.347 e. The normalized spacial score (nSPS) is 13.8. The van der Waals surface area contributed by atoms with Gasteiger partial charge in [-0.25, -0.2) is 4.98 Å². The zero-order chi connectivity index (χ0) is 35.2. The molecule has 6 rings (SSSR count). The van der Waals surface area contributed by atoms with Gasteiger partial charge in [-0.3, -0.25) is 9.69 Å². The van der Waals surface area contributed by atoms with Crippen LogP contribution in [-0.2, 0) is 24.3 Å². The Morgan fingerprint density at radius 3 is 2.42 bits per heavy atom. The number of aromatic nitrogens is 5. The Morgan fingerprint density at radius 1 is 0.940 bits per heavy atom. The maximum Gasteiger partial charge on any atom is 0.244 e. The van der Waals surface area contributed by atoms with Crippen LogP contribution in [0.4, 0.5) is 23.5 Å². The van der Waals surface area contributed by atoms with E-state index in [1.54, 1.807) is 31.1 Å². The molecule has 50 heavy (non-hydrogen) atoms. The number of nitrogens with one attached hydrogen (secondary N) is 4. The Kier molecular flexibility index (Phi) is 10.5. The van der Waals surface area contributed by atoms with Gasteiger partial charge in [0.05, 0.1) is 29.2 Å². The van der Waals surface area contributed by atoms with Gasteiger partial charge in [0.15, 0.2) is 0 Å². The second-order valence-electron chi connectivity index (χ2n) is 13.1. The number of piperazine rings is 1. The summed E-state index contributed by atoms with van der Waals surface area (Å²) in [5.74, 6) is 1.65. The molecule has 13 nitrogen and oxygen atoms in total. The SMILES string of the molecule is Cc1cc2nc(CN(C)c3nc(Nc4cccc(CN5CCNCC5)c4)nc(NC(Cc4ccc(C#N)cc4)C(=O)N(C)C)n3)[nH]c2cc1C. The number of likely N-dealkylation sites (N-methyl/N-ethyl adjacent to an activating group) is 1. The van der Waals surface area contributed by atoms with E-state index in [0.717, 1.165) is 60.8 Å². The number of anilines is 4. The molecule has 0 aliphatic carbocycles. The molecule has 1 unspecified atom stereocenters. The van der Waals surface area contributed by atoms with Gasteiger partial charge in [-0.05, 0) is 72.5 Å². The van der Waals surface area contributed by atoms with Crippen LogP contribution in [-0.4, -0.2) is 94.0 Å². The lowest BCUT2D eigenvalue weighted by atomic mass is 10.0. The highest BCUT2D eigenvalue weighted by atomic mass is 16.2. The molecule has 4 N–H and O–H groups in total. The second-order valence-corrected chi connectivity index (χ2v) is 13.1. The van der Waals surface area contributed by atoms with Gasteiger partial charge in [-0.15, -0.1) is 0 Å². The molecule has 13 heteroatoms. The van der Waals surface area contributed by atoms with E-state index < -0.39 is 6.04 Å². The van der Waals surface area contributed by atoms with Gasteiger partial charge in [-0.2, -0.15) is 20.2 Å². The Labute approximate surface area is 292 Å². The molecule has 1 aliphatic rings. The van der Waals surface area contributed by atoms with E-state index in [4.69, 9.17) is 19.9 Å². The number of rotatable bonds is 12. The highest BCUT2D eigenvalue weighted by Gasteiger charge is 2.23. The van der Waals surface area contributed by atoms with Crippen molar-refractivity contribution in [2.24, 2.45) is 0 Å². The number of amides is 1. The third-order valence-corrected chi connectivity index (χ3v) is 8.86. The first-order chi connectivity index (χ1) is 24.1. The molecule has 3 heterocycles. The number of hydrogen-bond donors (Lipinski definition) is 4. The fourth-order valence-electron chi connectivity index (χ4n) is 5.97. The molecule has 0 bridgehead atoms. The summed E-state index contributed by atoms with van der Waals surface area (Å²) in [4.78, 5) is 41.9. The molecule has 1 saturated heterocycles. The molecule has 1 fully saturated rings. The lowest BCUT2D eigenvalue weighted by molar-refractivity contribution is -0.129. The maximum atomic E-state index is 13.4. The zero-order valence-electron chi connectivity index (χ0n) is 29.3. The minimum absolute atomic E-state index is 0.132. The van der Waals surface area contributed by atoms with Crippen molar-refractivity contribution < 1.29 is 4.79 Å². The van der Waals surface area contributed by atoms with Gasteiger partial charge >= 0.3 is 0 Å². The summed E-state index contributed by atoms with van der Waals surface area (Å²) in [5, 5.41) is 19.3.